The molecule has 0 bridgehead atoms. The van der Waals surface area contributed by atoms with E-state index in [1.165, 1.54) is 12.1 Å². The van der Waals surface area contributed by atoms with E-state index in [1.54, 1.807) is 6.07 Å². The van der Waals surface area contributed by atoms with Crippen molar-refractivity contribution < 1.29 is 18.7 Å². The Kier molecular flexibility index (Phi) is 7.28. The van der Waals surface area contributed by atoms with Crippen molar-refractivity contribution >= 4 is 17.5 Å². The highest BCUT2D eigenvalue weighted by molar-refractivity contribution is 6.30. The number of hydrogen-bond donors (Lipinski definition) is 0. The molecule has 6 heteroatoms. The molecule has 166 valence electrons. The Morgan fingerprint density at radius 1 is 0.938 bits per heavy atom. The fraction of sp³-hybridized carbons (Fsp3) is 0.269. The molecule has 32 heavy (non-hydrogen) atoms. The summed E-state index contributed by atoms with van der Waals surface area (Å²) in [5.74, 6) is 1.33. The van der Waals surface area contributed by atoms with E-state index in [4.69, 9.17) is 21.1 Å². The Labute approximate surface area is 192 Å². The van der Waals surface area contributed by atoms with Crippen molar-refractivity contribution in [2.24, 2.45) is 0 Å². The topological polar surface area (TPSA) is 38.8 Å². The average molecular weight is 454 g/mol. The molecule has 0 unspecified atom stereocenters. The molecule has 1 aliphatic rings. The van der Waals surface area contributed by atoms with Crippen LogP contribution in [0, 0.1) is 5.82 Å². The zero-order valence-electron chi connectivity index (χ0n) is 17.7. The number of likely N-dealkylation sites (tertiary alicyclic amines) is 1. The van der Waals surface area contributed by atoms with Crippen LogP contribution < -0.4 is 9.47 Å². The smallest absolute Gasteiger partial charge is 0.226 e. The quantitative estimate of drug-likeness (QED) is 0.462. The molecule has 1 amide bonds. The van der Waals surface area contributed by atoms with Crippen LogP contribution in [0.4, 0.5) is 4.39 Å². The van der Waals surface area contributed by atoms with Crippen molar-refractivity contribution in [3.05, 3.63) is 94.8 Å². The fourth-order valence-corrected chi connectivity index (χ4v) is 3.84. The summed E-state index contributed by atoms with van der Waals surface area (Å²) in [5.41, 5.74) is 1.75. The molecule has 0 spiro atoms. The first kappa shape index (κ1) is 22.2. The van der Waals surface area contributed by atoms with Crippen molar-refractivity contribution in [3.63, 3.8) is 0 Å². The number of halogens is 2. The minimum absolute atomic E-state index is 0.0774. The summed E-state index contributed by atoms with van der Waals surface area (Å²) < 4.78 is 25.1. The van der Waals surface area contributed by atoms with E-state index in [9.17, 15) is 9.18 Å². The highest BCUT2D eigenvalue weighted by atomic mass is 35.5. The summed E-state index contributed by atoms with van der Waals surface area (Å²) in [6.07, 6.45) is 2.06. The lowest BCUT2D eigenvalue weighted by Crippen LogP contribution is -2.42. The zero-order valence-corrected chi connectivity index (χ0v) is 18.4. The van der Waals surface area contributed by atoms with Gasteiger partial charge in [0.1, 0.15) is 30.0 Å². The first-order valence-corrected chi connectivity index (χ1v) is 11.1. The van der Waals surface area contributed by atoms with E-state index in [2.05, 4.69) is 0 Å². The molecule has 0 aliphatic carbocycles. The van der Waals surface area contributed by atoms with Gasteiger partial charge in [0.25, 0.3) is 0 Å². The highest BCUT2D eigenvalue weighted by Gasteiger charge is 2.24. The second kappa shape index (κ2) is 10.5. The lowest BCUT2D eigenvalue weighted by atomic mass is 10.1. The summed E-state index contributed by atoms with van der Waals surface area (Å²) in [7, 11) is 0. The van der Waals surface area contributed by atoms with Crippen LogP contribution in [-0.2, 0) is 17.8 Å². The molecule has 1 saturated heterocycles. The lowest BCUT2D eigenvalue weighted by Gasteiger charge is -2.32. The van der Waals surface area contributed by atoms with Crippen molar-refractivity contribution in [3.8, 4) is 11.5 Å². The highest BCUT2D eigenvalue weighted by Crippen LogP contribution is 2.23. The maximum atomic E-state index is 13.3. The first-order valence-electron chi connectivity index (χ1n) is 10.7. The van der Waals surface area contributed by atoms with Crippen molar-refractivity contribution in [2.45, 2.75) is 32.0 Å². The zero-order chi connectivity index (χ0) is 22.3. The molecule has 4 rings (SSSR count). The van der Waals surface area contributed by atoms with Gasteiger partial charge in [0.05, 0.1) is 6.42 Å². The van der Waals surface area contributed by atoms with Crippen LogP contribution in [0.5, 0.6) is 11.5 Å². The van der Waals surface area contributed by atoms with Gasteiger partial charge in [-0.25, -0.2) is 4.39 Å². The Morgan fingerprint density at radius 2 is 1.62 bits per heavy atom. The molecule has 0 saturated carbocycles. The molecule has 0 N–H and O–H groups in total. The van der Waals surface area contributed by atoms with Crippen molar-refractivity contribution in [1.29, 1.82) is 0 Å². The van der Waals surface area contributed by atoms with Crippen LogP contribution in [0.15, 0.2) is 72.8 Å². The van der Waals surface area contributed by atoms with Crippen LogP contribution in [-0.4, -0.2) is 30.0 Å². The molecule has 3 aromatic rings. The van der Waals surface area contributed by atoms with Gasteiger partial charge in [-0.2, -0.15) is 0 Å². The largest absolute Gasteiger partial charge is 0.490 e. The van der Waals surface area contributed by atoms with Gasteiger partial charge in [0, 0.05) is 31.0 Å². The SMILES string of the molecule is O=C(Cc1ccc(Cl)cc1)N1CCC(Oc2ccc(OCc3cccc(F)c3)cc2)CC1. The number of benzene rings is 3. The molecule has 0 radical (unpaired) electrons. The summed E-state index contributed by atoms with van der Waals surface area (Å²) in [6.45, 7) is 1.68. The van der Waals surface area contributed by atoms with Crippen molar-refractivity contribution in [1.82, 2.24) is 4.90 Å². The van der Waals surface area contributed by atoms with Crippen LogP contribution in [0.1, 0.15) is 24.0 Å². The molecule has 1 fully saturated rings. The number of ether oxygens (including phenoxy) is 2. The van der Waals surface area contributed by atoms with Crippen LogP contribution in [0.3, 0.4) is 0 Å². The predicted octanol–water partition coefficient (Wildman–Crippen LogP) is 5.67. The Morgan fingerprint density at radius 3 is 2.31 bits per heavy atom. The maximum absolute atomic E-state index is 13.3. The molecule has 0 atom stereocenters. The van der Waals surface area contributed by atoms with Gasteiger partial charge in [0.15, 0.2) is 0 Å². The third kappa shape index (κ3) is 6.24. The van der Waals surface area contributed by atoms with Gasteiger partial charge in [-0.05, 0) is 59.7 Å². The molecular formula is C26H25ClFNO3. The van der Waals surface area contributed by atoms with Gasteiger partial charge in [-0.15, -0.1) is 0 Å². The number of hydrogen-bond acceptors (Lipinski definition) is 3. The van der Waals surface area contributed by atoms with Gasteiger partial charge in [-0.1, -0.05) is 35.9 Å². The second-order valence-corrected chi connectivity index (χ2v) is 8.33. The maximum Gasteiger partial charge on any atom is 0.226 e. The Bertz CT molecular complexity index is 1030. The molecule has 0 aromatic heterocycles. The Hall–Kier alpha value is -3.05. The number of piperidine rings is 1. The number of amides is 1. The predicted molar refractivity (Wildman–Crippen MR) is 123 cm³/mol. The van der Waals surface area contributed by atoms with E-state index in [0.29, 0.717) is 36.9 Å². The summed E-state index contributed by atoms with van der Waals surface area (Å²) >= 11 is 5.91. The van der Waals surface area contributed by atoms with E-state index >= 15 is 0 Å². The minimum atomic E-state index is -0.271. The second-order valence-electron chi connectivity index (χ2n) is 7.89. The van der Waals surface area contributed by atoms with Gasteiger partial charge < -0.3 is 14.4 Å². The van der Waals surface area contributed by atoms with Gasteiger partial charge >= 0.3 is 0 Å². The van der Waals surface area contributed by atoms with Crippen LogP contribution >= 0.6 is 11.6 Å². The fourth-order valence-electron chi connectivity index (χ4n) is 3.71. The molecule has 3 aromatic carbocycles. The third-order valence-electron chi connectivity index (χ3n) is 5.48. The van der Waals surface area contributed by atoms with Crippen LogP contribution in [0.25, 0.3) is 0 Å². The number of rotatable bonds is 7. The molecule has 1 heterocycles. The van der Waals surface area contributed by atoms with E-state index in [0.717, 1.165) is 29.7 Å². The number of carbonyl (C=O) groups excluding carboxylic acids is 1. The average Bonchev–Trinajstić information content (AvgIpc) is 2.81. The first-order chi connectivity index (χ1) is 15.5. The number of nitrogens with zero attached hydrogens (tertiary/aromatic N) is 1. The third-order valence-corrected chi connectivity index (χ3v) is 5.74. The molecule has 1 aliphatic heterocycles. The van der Waals surface area contributed by atoms with E-state index in [1.807, 2.05) is 59.5 Å². The standard InChI is InChI=1S/C26H25ClFNO3/c27-21-6-4-19(5-7-21)17-26(30)29-14-12-25(13-15-29)32-24-10-8-23(9-11-24)31-18-20-2-1-3-22(28)16-20/h1-11,16,25H,12-15,17-18H2. The van der Waals surface area contributed by atoms with E-state index in [-0.39, 0.29) is 17.8 Å². The van der Waals surface area contributed by atoms with E-state index < -0.39 is 0 Å². The number of carbonyl (C=O) groups is 1. The normalized spacial score (nSPS) is 14.2. The Balaban J connectivity index is 1.21. The lowest BCUT2D eigenvalue weighted by molar-refractivity contribution is -0.132. The minimum Gasteiger partial charge on any atom is -0.490 e. The molecular weight excluding hydrogens is 429 g/mol. The van der Waals surface area contributed by atoms with Gasteiger partial charge in [-0.3, -0.25) is 4.79 Å². The van der Waals surface area contributed by atoms with Crippen molar-refractivity contribution in [2.75, 3.05) is 13.1 Å². The summed E-state index contributed by atoms with van der Waals surface area (Å²) in [4.78, 5) is 14.5. The molecule has 4 nitrogen and oxygen atoms in total. The van der Waals surface area contributed by atoms with Gasteiger partial charge in [0.2, 0.25) is 5.91 Å². The van der Waals surface area contributed by atoms with Crippen LogP contribution in [0.2, 0.25) is 5.02 Å². The summed E-state index contributed by atoms with van der Waals surface area (Å²) in [6, 6.07) is 21.2. The summed E-state index contributed by atoms with van der Waals surface area (Å²) in [5, 5.41) is 0.672. The monoisotopic (exact) mass is 453 g/mol.